The molecule has 31 heavy (non-hydrogen) atoms. The van der Waals surface area contributed by atoms with Crippen LogP contribution in [0.5, 0.6) is 0 Å². The Morgan fingerprint density at radius 2 is 1.74 bits per heavy atom. The zero-order valence-electron chi connectivity index (χ0n) is 17.3. The molecule has 2 fully saturated rings. The van der Waals surface area contributed by atoms with E-state index in [2.05, 4.69) is 9.88 Å². The first-order chi connectivity index (χ1) is 15.1. The number of pyridine rings is 1. The fourth-order valence-electron chi connectivity index (χ4n) is 5.60. The molecule has 0 amide bonds. The quantitative estimate of drug-likeness (QED) is 0.469. The molecule has 0 aliphatic carbocycles. The summed E-state index contributed by atoms with van der Waals surface area (Å²) in [5.74, 6) is 0.370. The molecule has 5 nitrogen and oxygen atoms in total. The minimum absolute atomic E-state index is 0.324. The fraction of sp³-hybridized carbons (Fsp3) is 0.320. The maximum atomic E-state index is 13.9. The summed E-state index contributed by atoms with van der Waals surface area (Å²) in [6.07, 6.45) is 8.23. The minimum atomic E-state index is -3.78. The van der Waals surface area contributed by atoms with Crippen LogP contribution in [0, 0.1) is 0 Å². The summed E-state index contributed by atoms with van der Waals surface area (Å²) in [4.78, 5) is 7.43. The summed E-state index contributed by atoms with van der Waals surface area (Å²) in [5.41, 5.74) is 1.65. The molecule has 2 aromatic heterocycles. The summed E-state index contributed by atoms with van der Waals surface area (Å²) in [6, 6.07) is 17.6. The first-order valence-corrected chi connectivity index (χ1v) is 12.5. The summed E-state index contributed by atoms with van der Waals surface area (Å²) in [6.45, 7) is 2.30. The second-order valence-corrected chi connectivity index (χ2v) is 10.6. The maximum absolute atomic E-state index is 13.9. The van der Waals surface area contributed by atoms with Crippen LogP contribution in [-0.4, -0.2) is 41.4 Å². The van der Waals surface area contributed by atoms with Gasteiger partial charge in [0, 0.05) is 29.2 Å². The Morgan fingerprint density at radius 1 is 0.903 bits per heavy atom. The first-order valence-electron chi connectivity index (χ1n) is 11.1. The highest BCUT2D eigenvalue weighted by Crippen LogP contribution is 2.40. The molecule has 2 saturated heterocycles. The van der Waals surface area contributed by atoms with Gasteiger partial charge in [0.25, 0.3) is 10.0 Å². The predicted octanol–water partition coefficient (Wildman–Crippen LogP) is 4.77. The van der Waals surface area contributed by atoms with E-state index < -0.39 is 10.0 Å². The molecular weight excluding hydrogens is 406 g/mol. The van der Waals surface area contributed by atoms with Crippen molar-refractivity contribution in [1.29, 1.82) is 0 Å². The second kappa shape index (κ2) is 7.18. The van der Waals surface area contributed by atoms with Crippen molar-refractivity contribution in [2.45, 2.75) is 42.5 Å². The number of hydrogen-bond donors (Lipinski definition) is 0. The highest BCUT2D eigenvalue weighted by Gasteiger charge is 2.34. The monoisotopic (exact) mass is 431 g/mol. The van der Waals surface area contributed by atoms with E-state index in [-0.39, 0.29) is 0 Å². The highest BCUT2D eigenvalue weighted by atomic mass is 32.2. The van der Waals surface area contributed by atoms with Gasteiger partial charge in [0.2, 0.25) is 0 Å². The van der Waals surface area contributed by atoms with Crippen LogP contribution in [0.3, 0.4) is 0 Å². The van der Waals surface area contributed by atoms with Crippen LogP contribution in [0.2, 0.25) is 0 Å². The molecule has 2 aliphatic rings. The minimum Gasteiger partial charge on any atom is -0.300 e. The van der Waals surface area contributed by atoms with Crippen LogP contribution >= 0.6 is 0 Å². The summed E-state index contributed by atoms with van der Waals surface area (Å²) in [5, 5.41) is 2.62. The number of piperidine rings is 1. The van der Waals surface area contributed by atoms with Gasteiger partial charge < -0.3 is 4.90 Å². The number of fused-ring (bicyclic) bond motifs is 3. The van der Waals surface area contributed by atoms with E-state index in [9.17, 15) is 8.42 Å². The number of rotatable bonds is 3. The molecule has 0 spiro atoms. The van der Waals surface area contributed by atoms with Gasteiger partial charge in [0.15, 0.2) is 5.65 Å². The molecule has 6 heteroatoms. The average molecular weight is 432 g/mol. The molecule has 158 valence electrons. The number of nitrogens with zero attached hydrogens (tertiary/aromatic N) is 3. The van der Waals surface area contributed by atoms with Crippen LogP contribution in [0.1, 0.15) is 37.2 Å². The smallest absolute Gasteiger partial charge is 0.269 e. The Morgan fingerprint density at radius 3 is 2.68 bits per heavy atom. The van der Waals surface area contributed by atoms with Crippen LogP contribution < -0.4 is 0 Å². The van der Waals surface area contributed by atoms with Gasteiger partial charge in [-0.05, 0) is 73.8 Å². The first kappa shape index (κ1) is 19.0. The van der Waals surface area contributed by atoms with Crippen molar-refractivity contribution < 1.29 is 8.42 Å². The SMILES string of the molecule is O=S(=O)(c1cccc2ccccc12)n1cc(C2CCN3CCCC3C2)c2cccnc21. The van der Waals surface area contributed by atoms with Gasteiger partial charge in [0.05, 0.1) is 4.90 Å². The van der Waals surface area contributed by atoms with Crippen molar-refractivity contribution in [3.63, 3.8) is 0 Å². The number of aromatic nitrogens is 2. The third kappa shape index (κ3) is 3.00. The summed E-state index contributed by atoms with van der Waals surface area (Å²) < 4.78 is 29.1. The molecule has 0 radical (unpaired) electrons. The molecule has 2 aliphatic heterocycles. The lowest BCUT2D eigenvalue weighted by molar-refractivity contribution is 0.181. The Labute approximate surface area is 182 Å². The molecule has 6 rings (SSSR count). The van der Waals surface area contributed by atoms with Crippen molar-refractivity contribution in [3.8, 4) is 0 Å². The Balaban J connectivity index is 1.51. The molecule has 2 unspecified atom stereocenters. The van der Waals surface area contributed by atoms with Gasteiger partial charge in [-0.3, -0.25) is 0 Å². The summed E-state index contributed by atoms with van der Waals surface area (Å²) in [7, 11) is -3.78. The van der Waals surface area contributed by atoms with E-state index in [0.29, 0.717) is 22.5 Å². The Kier molecular flexibility index (Phi) is 4.40. The van der Waals surface area contributed by atoms with Gasteiger partial charge in [-0.2, -0.15) is 0 Å². The topological polar surface area (TPSA) is 55.2 Å². The molecule has 4 heterocycles. The third-order valence-electron chi connectivity index (χ3n) is 7.11. The molecule has 0 saturated carbocycles. The maximum Gasteiger partial charge on any atom is 0.269 e. The lowest BCUT2D eigenvalue weighted by Crippen LogP contribution is -2.37. The lowest BCUT2D eigenvalue weighted by Gasteiger charge is -2.34. The molecular formula is C25H25N3O2S. The van der Waals surface area contributed by atoms with Gasteiger partial charge in [-0.1, -0.05) is 36.4 Å². The lowest BCUT2D eigenvalue weighted by atomic mass is 9.85. The predicted molar refractivity (Wildman–Crippen MR) is 123 cm³/mol. The molecule has 2 aromatic carbocycles. The highest BCUT2D eigenvalue weighted by molar-refractivity contribution is 7.90. The van der Waals surface area contributed by atoms with Gasteiger partial charge >= 0.3 is 0 Å². The Bertz CT molecular complexity index is 1390. The van der Waals surface area contributed by atoms with Crippen molar-refractivity contribution in [1.82, 2.24) is 13.9 Å². The third-order valence-corrected chi connectivity index (χ3v) is 8.82. The molecule has 0 bridgehead atoms. The molecule has 4 aromatic rings. The van der Waals surface area contributed by atoms with Gasteiger partial charge in [-0.15, -0.1) is 0 Å². The fourth-order valence-corrected chi connectivity index (χ4v) is 7.15. The summed E-state index contributed by atoms with van der Waals surface area (Å²) >= 11 is 0. The van der Waals surface area contributed by atoms with Crippen LogP contribution in [0.25, 0.3) is 21.8 Å². The van der Waals surface area contributed by atoms with Crippen molar-refractivity contribution >= 4 is 31.8 Å². The molecule has 0 N–H and O–H groups in total. The van der Waals surface area contributed by atoms with E-state index in [1.54, 1.807) is 12.3 Å². The van der Waals surface area contributed by atoms with E-state index in [1.807, 2.05) is 54.7 Å². The van der Waals surface area contributed by atoms with E-state index in [4.69, 9.17) is 0 Å². The van der Waals surface area contributed by atoms with Crippen molar-refractivity contribution in [3.05, 3.63) is 72.6 Å². The van der Waals surface area contributed by atoms with Crippen molar-refractivity contribution in [2.24, 2.45) is 0 Å². The van der Waals surface area contributed by atoms with E-state index >= 15 is 0 Å². The number of benzene rings is 2. The van der Waals surface area contributed by atoms with Crippen LogP contribution in [0.4, 0.5) is 0 Å². The van der Waals surface area contributed by atoms with Crippen molar-refractivity contribution in [2.75, 3.05) is 13.1 Å². The normalized spacial score (nSPS) is 22.2. The zero-order valence-corrected chi connectivity index (χ0v) is 18.1. The zero-order chi connectivity index (χ0) is 21.0. The molecule has 2 atom stereocenters. The van der Waals surface area contributed by atoms with Gasteiger partial charge in [-0.25, -0.2) is 17.4 Å². The Hall–Kier alpha value is -2.70. The standard InChI is InChI=1S/C25H25N3O2S/c29-31(30,24-11-3-7-18-6-1-2-9-21(18)24)28-17-23(22-10-4-13-26-25(22)28)19-12-15-27-14-5-8-20(27)16-19/h1-4,6-7,9-11,13,17,19-20H,5,8,12,14-16H2. The largest absolute Gasteiger partial charge is 0.300 e. The second-order valence-electron chi connectivity index (χ2n) is 8.79. The van der Waals surface area contributed by atoms with Gasteiger partial charge in [0.1, 0.15) is 0 Å². The van der Waals surface area contributed by atoms with Crippen LogP contribution in [0.15, 0.2) is 71.9 Å². The van der Waals surface area contributed by atoms with E-state index in [0.717, 1.165) is 41.1 Å². The van der Waals surface area contributed by atoms with E-state index in [1.165, 1.54) is 23.4 Å². The van der Waals surface area contributed by atoms with Crippen LogP contribution in [-0.2, 0) is 10.0 Å². The number of hydrogen-bond acceptors (Lipinski definition) is 4. The average Bonchev–Trinajstić information content (AvgIpc) is 3.43.